The molecule has 0 radical (unpaired) electrons. The van der Waals surface area contributed by atoms with Crippen molar-refractivity contribution in [1.29, 1.82) is 0 Å². The van der Waals surface area contributed by atoms with Crippen molar-refractivity contribution in [3.8, 4) is 12.5 Å². The largest absolute Gasteiger partial charge is 0.466 e. The van der Waals surface area contributed by atoms with E-state index in [0.29, 0.717) is 5.56 Å². The molecule has 2 unspecified atom stereocenters. The molecule has 2 atom stereocenters. The Balaban J connectivity index is 3.27. The fourth-order valence-electron chi connectivity index (χ4n) is 3.27. The van der Waals surface area contributed by atoms with Gasteiger partial charge in [0.25, 0.3) is 5.91 Å². The van der Waals surface area contributed by atoms with Crippen LogP contribution in [0.2, 0.25) is 0 Å². The summed E-state index contributed by atoms with van der Waals surface area (Å²) in [5, 5.41) is 5.24. The van der Waals surface area contributed by atoms with E-state index >= 15 is 0 Å². The minimum atomic E-state index is -1.18. The number of alkyl carbamates (subject to hydrolysis) is 1. The molecule has 0 aliphatic rings. The number of terminal acetylenes is 1. The molecule has 0 spiro atoms. The van der Waals surface area contributed by atoms with E-state index in [1.807, 2.05) is 0 Å². The summed E-state index contributed by atoms with van der Waals surface area (Å²) in [5.41, 5.74) is 0.502. The number of hydrogen-bond acceptors (Lipinski definition) is 6. The zero-order valence-electron chi connectivity index (χ0n) is 21.6. The molecule has 1 aromatic carbocycles. The molecule has 0 aromatic heterocycles. The molecule has 0 aliphatic heterocycles. The third-order valence-corrected chi connectivity index (χ3v) is 4.90. The molecule has 3 amide bonds. The fraction of sp³-hybridized carbons (Fsp3) is 0.538. The highest BCUT2D eigenvalue weighted by molar-refractivity contribution is 5.93. The lowest BCUT2D eigenvalue weighted by Crippen LogP contribution is -2.53. The maximum atomic E-state index is 13.6. The van der Waals surface area contributed by atoms with E-state index in [1.165, 1.54) is 0 Å². The molecule has 9 nitrogen and oxygen atoms in total. The number of benzene rings is 1. The van der Waals surface area contributed by atoms with Crippen molar-refractivity contribution in [3.05, 3.63) is 35.4 Å². The Labute approximate surface area is 207 Å². The average Bonchev–Trinajstić information content (AvgIpc) is 2.74. The summed E-state index contributed by atoms with van der Waals surface area (Å²) in [7, 11) is 0. The first-order valence-electron chi connectivity index (χ1n) is 11.6. The predicted molar refractivity (Wildman–Crippen MR) is 132 cm³/mol. The molecule has 0 heterocycles. The number of carbonyl (C=O) groups excluding carboxylic acids is 4. The van der Waals surface area contributed by atoms with E-state index in [-0.39, 0.29) is 25.5 Å². The fourth-order valence-corrected chi connectivity index (χ4v) is 3.27. The first-order chi connectivity index (χ1) is 16.3. The number of amides is 3. The molecule has 2 N–H and O–H groups in total. The van der Waals surface area contributed by atoms with Crippen molar-refractivity contribution in [1.82, 2.24) is 15.5 Å². The molecule has 0 saturated carbocycles. The van der Waals surface area contributed by atoms with Crippen LogP contribution in [0.1, 0.15) is 65.1 Å². The van der Waals surface area contributed by atoms with Crippen molar-refractivity contribution in [2.24, 2.45) is 5.92 Å². The Morgan fingerprint density at radius 1 is 1.14 bits per heavy atom. The third-order valence-electron chi connectivity index (χ3n) is 4.90. The molecule has 1 rings (SSSR count). The van der Waals surface area contributed by atoms with Gasteiger partial charge in [-0.25, -0.2) is 4.79 Å². The SMILES string of the molecule is C#CN(C(=O)C(NC(=O)OC(C)(C)C)C(C)C)C(C(=O)NCCC(=O)OCC)c1ccccc1C. The quantitative estimate of drug-likeness (QED) is 0.298. The normalized spacial score (nSPS) is 12.7. The summed E-state index contributed by atoms with van der Waals surface area (Å²) < 4.78 is 10.2. The van der Waals surface area contributed by atoms with E-state index < -0.39 is 41.6 Å². The molecular weight excluding hydrogens is 450 g/mol. The monoisotopic (exact) mass is 487 g/mol. The van der Waals surface area contributed by atoms with Crippen LogP contribution in [0.4, 0.5) is 4.79 Å². The van der Waals surface area contributed by atoms with Crippen LogP contribution in [0.5, 0.6) is 0 Å². The van der Waals surface area contributed by atoms with Gasteiger partial charge in [0.05, 0.1) is 13.0 Å². The smallest absolute Gasteiger partial charge is 0.408 e. The summed E-state index contributed by atoms with van der Waals surface area (Å²) in [6.07, 6.45) is 4.94. The Morgan fingerprint density at radius 3 is 2.29 bits per heavy atom. The summed E-state index contributed by atoms with van der Waals surface area (Å²) >= 11 is 0. The molecule has 0 aliphatic carbocycles. The van der Waals surface area contributed by atoms with Gasteiger partial charge in [0, 0.05) is 12.6 Å². The molecule has 9 heteroatoms. The first kappa shape index (κ1) is 29.5. The first-order valence-corrected chi connectivity index (χ1v) is 11.6. The van der Waals surface area contributed by atoms with Crippen molar-refractivity contribution < 1.29 is 28.7 Å². The van der Waals surface area contributed by atoms with Crippen LogP contribution in [0.15, 0.2) is 24.3 Å². The standard InChI is InChI=1S/C26H37N3O6/c1-9-29(24(32)21(17(3)4)28-25(33)35-26(6,7)8)22(19-14-12-11-13-18(19)5)23(31)27-16-15-20(30)34-10-2/h1,11-14,17,21-22H,10,15-16H2,2-8H3,(H,27,31)(H,28,33). The number of nitrogens with zero attached hydrogens (tertiary/aromatic N) is 1. The summed E-state index contributed by atoms with van der Waals surface area (Å²) in [6.45, 7) is 12.4. The van der Waals surface area contributed by atoms with Crippen molar-refractivity contribution in [3.63, 3.8) is 0 Å². The number of carbonyl (C=O) groups is 4. The zero-order chi connectivity index (χ0) is 26.8. The number of hydrogen-bond donors (Lipinski definition) is 2. The lowest BCUT2D eigenvalue weighted by molar-refractivity contribution is -0.143. The van der Waals surface area contributed by atoms with Gasteiger partial charge in [0.1, 0.15) is 17.7 Å². The second-order valence-electron chi connectivity index (χ2n) is 9.31. The summed E-state index contributed by atoms with van der Waals surface area (Å²) in [5.74, 6) is -2.00. The molecular formula is C26H37N3O6. The molecule has 192 valence electrons. The minimum absolute atomic E-state index is 0.0103. The Kier molecular flexibility index (Phi) is 11.3. The van der Waals surface area contributed by atoms with Crippen LogP contribution in [0, 0.1) is 25.3 Å². The van der Waals surface area contributed by atoms with E-state index in [9.17, 15) is 19.2 Å². The third kappa shape index (κ3) is 9.32. The van der Waals surface area contributed by atoms with Crippen LogP contribution < -0.4 is 10.6 Å². The average molecular weight is 488 g/mol. The van der Waals surface area contributed by atoms with Gasteiger partial charge in [-0.05, 0) is 51.7 Å². The summed E-state index contributed by atoms with van der Waals surface area (Å²) in [4.78, 5) is 51.9. The molecule has 0 saturated heterocycles. The highest BCUT2D eigenvalue weighted by atomic mass is 16.6. The van der Waals surface area contributed by atoms with Crippen LogP contribution in [0.3, 0.4) is 0 Å². The topological polar surface area (TPSA) is 114 Å². The number of aryl methyl sites for hydroxylation is 1. The second-order valence-corrected chi connectivity index (χ2v) is 9.31. The minimum Gasteiger partial charge on any atom is -0.466 e. The van der Waals surface area contributed by atoms with Gasteiger partial charge in [-0.3, -0.25) is 19.3 Å². The van der Waals surface area contributed by atoms with Crippen LogP contribution >= 0.6 is 0 Å². The number of esters is 1. The molecule has 1 aromatic rings. The number of nitrogens with one attached hydrogen (secondary N) is 2. The van der Waals surface area contributed by atoms with Gasteiger partial charge in [0.15, 0.2) is 0 Å². The highest BCUT2D eigenvalue weighted by Crippen LogP contribution is 2.26. The van der Waals surface area contributed by atoms with E-state index in [0.717, 1.165) is 10.5 Å². The van der Waals surface area contributed by atoms with Crippen molar-refractivity contribution >= 4 is 23.9 Å². The van der Waals surface area contributed by atoms with E-state index in [2.05, 4.69) is 16.7 Å². The summed E-state index contributed by atoms with van der Waals surface area (Å²) in [6, 6.07) is 7.14. The molecule has 0 fully saturated rings. The van der Waals surface area contributed by atoms with Gasteiger partial charge < -0.3 is 20.1 Å². The highest BCUT2D eigenvalue weighted by Gasteiger charge is 2.37. The van der Waals surface area contributed by atoms with Crippen LogP contribution in [0.25, 0.3) is 0 Å². The van der Waals surface area contributed by atoms with Gasteiger partial charge in [-0.15, -0.1) is 0 Å². The lowest BCUT2D eigenvalue weighted by Gasteiger charge is -2.32. The number of ether oxygens (including phenoxy) is 2. The Hall–Kier alpha value is -3.54. The number of rotatable bonds is 10. The predicted octanol–water partition coefficient (Wildman–Crippen LogP) is 3.07. The van der Waals surface area contributed by atoms with E-state index in [1.54, 1.807) is 72.7 Å². The van der Waals surface area contributed by atoms with Crippen molar-refractivity contribution in [2.75, 3.05) is 13.2 Å². The lowest BCUT2D eigenvalue weighted by atomic mass is 9.96. The van der Waals surface area contributed by atoms with Crippen molar-refractivity contribution in [2.45, 2.75) is 72.6 Å². The maximum Gasteiger partial charge on any atom is 0.408 e. The zero-order valence-corrected chi connectivity index (χ0v) is 21.6. The van der Waals surface area contributed by atoms with E-state index in [4.69, 9.17) is 15.9 Å². The Morgan fingerprint density at radius 2 is 1.77 bits per heavy atom. The van der Waals surface area contributed by atoms with Gasteiger partial charge >= 0.3 is 12.1 Å². The van der Waals surface area contributed by atoms with Crippen LogP contribution in [-0.2, 0) is 23.9 Å². The van der Waals surface area contributed by atoms with Gasteiger partial charge in [-0.2, -0.15) is 0 Å². The Bertz CT molecular complexity index is 945. The van der Waals surface area contributed by atoms with Crippen LogP contribution in [-0.4, -0.2) is 53.6 Å². The maximum absolute atomic E-state index is 13.6. The molecule has 0 bridgehead atoms. The second kappa shape index (κ2) is 13.4. The van der Waals surface area contributed by atoms with Gasteiger partial charge in [-0.1, -0.05) is 44.5 Å². The van der Waals surface area contributed by atoms with Gasteiger partial charge in [0.2, 0.25) is 5.91 Å². The molecule has 35 heavy (non-hydrogen) atoms.